The number of nitrogens with zero attached hydrogens (tertiary/aromatic N) is 2. The summed E-state index contributed by atoms with van der Waals surface area (Å²) < 4.78 is 5.35. The summed E-state index contributed by atoms with van der Waals surface area (Å²) in [7, 11) is 0. The fourth-order valence-corrected chi connectivity index (χ4v) is 2.75. The molecule has 2 aromatic carbocycles. The van der Waals surface area contributed by atoms with Gasteiger partial charge in [0, 0.05) is 26.2 Å². The number of urea groups is 1. The molecule has 0 atom stereocenters. The van der Waals surface area contributed by atoms with Crippen LogP contribution >= 0.6 is 0 Å². The number of hydrogen-bond acceptors (Lipinski definition) is 2. The van der Waals surface area contributed by atoms with Gasteiger partial charge in [-0.2, -0.15) is 0 Å². The van der Waals surface area contributed by atoms with Gasteiger partial charge in [-0.05, 0) is 11.1 Å². The third-order valence-corrected chi connectivity index (χ3v) is 3.98. The average molecular weight is 310 g/mol. The van der Waals surface area contributed by atoms with E-state index in [0.29, 0.717) is 39.4 Å². The zero-order valence-corrected chi connectivity index (χ0v) is 13.2. The normalized spacial score (nSPS) is 14.5. The van der Waals surface area contributed by atoms with Crippen molar-refractivity contribution in [2.24, 2.45) is 0 Å². The zero-order chi connectivity index (χ0) is 15.9. The highest BCUT2D eigenvalue weighted by atomic mass is 16.5. The van der Waals surface area contributed by atoms with Crippen molar-refractivity contribution < 1.29 is 9.53 Å². The van der Waals surface area contributed by atoms with Gasteiger partial charge in [0.1, 0.15) is 0 Å². The van der Waals surface area contributed by atoms with Crippen molar-refractivity contribution in [2.75, 3.05) is 26.3 Å². The highest BCUT2D eigenvalue weighted by Gasteiger charge is 2.23. The second kappa shape index (κ2) is 7.79. The molecular formula is C19H22N2O2. The standard InChI is InChI=1S/C19H22N2O2/c22-19(20-11-13-23-14-12-20)21(15-17-7-3-1-4-8-17)16-18-9-5-2-6-10-18/h1-10H,11-16H2. The first-order valence-electron chi connectivity index (χ1n) is 8.02. The molecule has 0 N–H and O–H groups in total. The van der Waals surface area contributed by atoms with Crippen LogP contribution in [0.5, 0.6) is 0 Å². The molecule has 4 nitrogen and oxygen atoms in total. The maximum Gasteiger partial charge on any atom is 0.320 e. The third kappa shape index (κ3) is 4.33. The Morgan fingerprint density at radius 1 is 0.870 bits per heavy atom. The quantitative estimate of drug-likeness (QED) is 0.869. The molecule has 4 heteroatoms. The molecule has 3 rings (SSSR count). The topological polar surface area (TPSA) is 32.8 Å². The average Bonchev–Trinajstić information content (AvgIpc) is 2.63. The Bertz CT molecular complexity index is 568. The molecule has 2 aromatic rings. The van der Waals surface area contributed by atoms with E-state index in [1.54, 1.807) is 0 Å². The molecule has 1 aliphatic rings. The summed E-state index contributed by atoms with van der Waals surface area (Å²) in [5.41, 5.74) is 2.29. The lowest BCUT2D eigenvalue weighted by Gasteiger charge is -2.33. The van der Waals surface area contributed by atoms with Crippen LogP contribution < -0.4 is 0 Å². The maximum absolute atomic E-state index is 12.9. The molecule has 0 radical (unpaired) electrons. The van der Waals surface area contributed by atoms with Crippen LogP contribution in [0.4, 0.5) is 4.79 Å². The van der Waals surface area contributed by atoms with Crippen molar-refractivity contribution in [3.8, 4) is 0 Å². The van der Waals surface area contributed by atoms with E-state index in [4.69, 9.17) is 4.74 Å². The predicted octanol–water partition coefficient (Wildman–Crippen LogP) is 3.14. The largest absolute Gasteiger partial charge is 0.378 e. The second-order valence-electron chi connectivity index (χ2n) is 5.71. The molecule has 23 heavy (non-hydrogen) atoms. The summed E-state index contributed by atoms with van der Waals surface area (Å²) in [6, 6.07) is 20.4. The van der Waals surface area contributed by atoms with E-state index in [1.807, 2.05) is 46.2 Å². The lowest BCUT2D eigenvalue weighted by Crippen LogP contribution is -2.47. The SMILES string of the molecule is O=C(N1CCOCC1)N(Cc1ccccc1)Cc1ccccc1. The Labute approximate surface area is 137 Å². The number of rotatable bonds is 4. The fourth-order valence-electron chi connectivity index (χ4n) is 2.75. The van der Waals surface area contributed by atoms with Crippen LogP contribution in [0.2, 0.25) is 0 Å². The summed E-state index contributed by atoms with van der Waals surface area (Å²) in [6.45, 7) is 3.81. The molecule has 1 saturated heterocycles. The monoisotopic (exact) mass is 310 g/mol. The van der Waals surface area contributed by atoms with Crippen LogP contribution in [0.1, 0.15) is 11.1 Å². The van der Waals surface area contributed by atoms with Gasteiger partial charge in [-0.3, -0.25) is 0 Å². The van der Waals surface area contributed by atoms with E-state index in [2.05, 4.69) is 24.3 Å². The van der Waals surface area contributed by atoms with Crippen molar-refractivity contribution in [3.63, 3.8) is 0 Å². The first-order chi connectivity index (χ1) is 11.3. The summed E-state index contributed by atoms with van der Waals surface area (Å²) in [5.74, 6) is 0. The summed E-state index contributed by atoms with van der Waals surface area (Å²) in [6.07, 6.45) is 0. The van der Waals surface area contributed by atoms with Crippen molar-refractivity contribution in [1.82, 2.24) is 9.80 Å². The van der Waals surface area contributed by atoms with Crippen LogP contribution in [0.3, 0.4) is 0 Å². The van der Waals surface area contributed by atoms with Crippen molar-refractivity contribution >= 4 is 6.03 Å². The first kappa shape index (κ1) is 15.6. The van der Waals surface area contributed by atoms with E-state index in [9.17, 15) is 4.79 Å². The van der Waals surface area contributed by atoms with E-state index in [1.165, 1.54) is 0 Å². The molecule has 1 aliphatic heterocycles. The fraction of sp³-hybridized carbons (Fsp3) is 0.316. The van der Waals surface area contributed by atoms with Crippen LogP contribution in [0.25, 0.3) is 0 Å². The minimum Gasteiger partial charge on any atom is -0.378 e. The Hall–Kier alpha value is -2.33. The van der Waals surface area contributed by atoms with Crippen LogP contribution in [-0.2, 0) is 17.8 Å². The Morgan fingerprint density at radius 3 is 1.83 bits per heavy atom. The number of morpholine rings is 1. The summed E-state index contributed by atoms with van der Waals surface area (Å²) in [5, 5.41) is 0. The molecule has 0 saturated carbocycles. The molecule has 0 unspecified atom stereocenters. The van der Waals surface area contributed by atoms with Crippen molar-refractivity contribution in [3.05, 3.63) is 71.8 Å². The van der Waals surface area contributed by atoms with Crippen LogP contribution in [-0.4, -0.2) is 42.1 Å². The van der Waals surface area contributed by atoms with Gasteiger partial charge in [0.25, 0.3) is 0 Å². The van der Waals surface area contributed by atoms with Gasteiger partial charge in [-0.1, -0.05) is 60.7 Å². The minimum absolute atomic E-state index is 0.0843. The highest BCUT2D eigenvalue weighted by molar-refractivity contribution is 5.74. The number of amides is 2. The molecular weight excluding hydrogens is 288 g/mol. The zero-order valence-electron chi connectivity index (χ0n) is 13.2. The van der Waals surface area contributed by atoms with E-state index in [-0.39, 0.29) is 6.03 Å². The molecule has 1 fully saturated rings. The molecule has 0 spiro atoms. The van der Waals surface area contributed by atoms with E-state index in [0.717, 1.165) is 11.1 Å². The first-order valence-corrected chi connectivity index (χ1v) is 8.02. The van der Waals surface area contributed by atoms with Crippen LogP contribution in [0, 0.1) is 0 Å². The highest BCUT2D eigenvalue weighted by Crippen LogP contribution is 2.13. The van der Waals surface area contributed by atoms with Gasteiger partial charge in [-0.25, -0.2) is 4.79 Å². The minimum atomic E-state index is 0.0843. The smallest absolute Gasteiger partial charge is 0.320 e. The van der Waals surface area contributed by atoms with E-state index < -0.39 is 0 Å². The Morgan fingerprint density at radius 2 is 1.35 bits per heavy atom. The number of carbonyl (C=O) groups is 1. The molecule has 0 bridgehead atoms. The second-order valence-corrected chi connectivity index (χ2v) is 5.71. The predicted molar refractivity (Wildman–Crippen MR) is 89.9 cm³/mol. The van der Waals surface area contributed by atoms with Gasteiger partial charge < -0.3 is 14.5 Å². The third-order valence-electron chi connectivity index (χ3n) is 3.98. The number of carbonyl (C=O) groups excluding carboxylic acids is 1. The van der Waals surface area contributed by atoms with Crippen molar-refractivity contribution in [2.45, 2.75) is 13.1 Å². The molecule has 0 aromatic heterocycles. The Kier molecular flexibility index (Phi) is 5.27. The van der Waals surface area contributed by atoms with E-state index >= 15 is 0 Å². The number of ether oxygens (including phenoxy) is 1. The lowest BCUT2D eigenvalue weighted by molar-refractivity contribution is 0.0419. The lowest BCUT2D eigenvalue weighted by atomic mass is 10.2. The van der Waals surface area contributed by atoms with Gasteiger partial charge >= 0.3 is 6.03 Å². The van der Waals surface area contributed by atoms with Crippen LogP contribution in [0.15, 0.2) is 60.7 Å². The Balaban J connectivity index is 1.76. The number of benzene rings is 2. The van der Waals surface area contributed by atoms with Gasteiger partial charge in [0.15, 0.2) is 0 Å². The van der Waals surface area contributed by atoms with Gasteiger partial charge in [0.05, 0.1) is 13.2 Å². The maximum atomic E-state index is 12.9. The van der Waals surface area contributed by atoms with Gasteiger partial charge in [-0.15, -0.1) is 0 Å². The van der Waals surface area contributed by atoms with Gasteiger partial charge in [0.2, 0.25) is 0 Å². The van der Waals surface area contributed by atoms with Crippen molar-refractivity contribution in [1.29, 1.82) is 0 Å². The number of hydrogen-bond donors (Lipinski definition) is 0. The molecule has 2 amide bonds. The summed E-state index contributed by atoms with van der Waals surface area (Å²) >= 11 is 0. The molecule has 1 heterocycles. The molecule has 120 valence electrons. The molecule has 0 aliphatic carbocycles. The summed E-state index contributed by atoms with van der Waals surface area (Å²) in [4.78, 5) is 16.7.